The lowest BCUT2D eigenvalue weighted by Crippen LogP contribution is -2.49. The zero-order chi connectivity index (χ0) is 24.4. The van der Waals surface area contributed by atoms with Crippen LogP contribution < -0.4 is 5.32 Å². The SMILES string of the molecule is CC(CC(S(=O)(=O)C(F)(F)F)S(=O)(=O)C(F)(F)F)OC(=O)NC1C2CC3C(=O)OC1C3C2. The number of carbonyl (C=O) groups is 2. The van der Waals surface area contributed by atoms with Crippen molar-refractivity contribution in [2.75, 3.05) is 0 Å². The predicted octanol–water partition coefficient (Wildman–Crippen LogP) is 1.64. The fraction of sp³-hybridized carbons (Fsp3) is 0.867. The van der Waals surface area contributed by atoms with Crippen molar-refractivity contribution in [3.63, 3.8) is 0 Å². The molecule has 1 amide bonds. The first-order valence-corrected chi connectivity index (χ1v) is 12.2. The average molecular weight is 517 g/mol. The van der Waals surface area contributed by atoms with Gasteiger partial charge in [0.1, 0.15) is 12.2 Å². The number of carbonyl (C=O) groups excluding carboxylic acids is 2. The van der Waals surface area contributed by atoms with Crippen LogP contribution >= 0.6 is 0 Å². The topological polar surface area (TPSA) is 133 Å². The summed E-state index contributed by atoms with van der Waals surface area (Å²) in [5.74, 6) is -1.01. The third kappa shape index (κ3) is 4.01. The van der Waals surface area contributed by atoms with E-state index >= 15 is 0 Å². The summed E-state index contributed by atoms with van der Waals surface area (Å²) < 4.78 is 129. The molecule has 3 fully saturated rings. The van der Waals surface area contributed by atoms with Crippen molar-refractivity contribution in [2.24, 2.45) is 17.8 Å². The van der Waals surface area contributed by atoms with Crippen molar-refractivity contribution in [2.45, 2.75) is 60.0 Å². The van der Waals surface area contributed by atoms with Crippen molar-refractivity contribution in [3.8, 4) is 0 Å². The summed E-state index contributed by atoms with van der Waals surface area (Å²) in [6, 6.07) is -0.698. The molecule has 1 heterocycles. The second-order valence-corrected chi connectivity index (χ2v) is 12.5. The molecule has 2 aliphatic carbocycles. The number of rotatable bonds is 6. The standard InChI is InChI=1S/C15H17F6NO8S2/c1-5(2-9(31(25,26)14(16,17)18)32(27,28)15(19,20)21)29-13(24)22-10-6-3-7-8(4-6)12(23)30-11(7)10/h5-11H,2-4H2,1H3,(H,22,24). The number of amides is 1. The second kappa shape index (κ2) is 7.63. The molecule has 0 aromatic rings. The van der Waals surface area contributed by atoms with E-state index in [-0.39, 0.29) is 17.8 Å². The van der Waals surface area contributed by atoms with E-state index in [0.29, 0.717) is 12.8 Å². The quantitative estimate of drug-likeness (QED) is 0.415. The normalized spacial score (nSPS) is 31.0. The fourth-order valence-corrected chi connectivity index (χ4v) is 8.18. The van der Waals surface area contributed by atoms with E-state index in [1.165, 1.54) is 0 Å². The molecule has 3 rings (SSSR count). The molecule has 32 heavy (non-hydrogen) atoms. The number of alkyl halides is 6. The van der Waals surface area contributed by atoms with Crippen LogP contribution in [0.15, 0.2) is 0 Å². The highest BCUT2D eigenvalue weighted by molar-refractivity contribution is 8.09. The van der Waals surface area contributed by atoms with Crippen LogP contribution in [0.3, 0.4) is 0 Å². The number of sulfone groups is 2. The van der Waals surface area contributed by atoms with Crippen LogP contribution in [0.25, 0.3) is 0 Å². The molecule has 1 aliphatic heterocycles. The Labute approximate surface area is 177 Å². The molecular formula is C15H17F6NO8S2. The van der Waals surface area contributed by atoms with Gasteiger partial charge in [-0.3, -0.25) is 4.79 Å². The van der Waals surface area contributed by atoms with Gasteiger partial charge >= 0.3 is 23.1 Å². The maximum atomic E-state index is 12.8. The van der Waals surface area contributed by atoms with Crippen molar-refractivity contribution < 1.29 is 62.2 Å². The minimum atomic E-state index is -6.83. The first-order chi connectivity index (χ1) is 14.4. The van der Waals surface area contributed by atoms with Crippen molar-refractivity contribution >= 4 is 31.7 Å². The van der Waals surface area contributed by atoms with Crippen LogP contribution in [-0.2, 0) is 33.9 Å². The molecule has 9 nitrogen and oxygen atoms in total. The number of nitrogens with one attached hydrogen (secondary N) is 1. The Morgan fingerprint density at radius 2 is 1.62 bits per heavy atom. The summed E-state index contributed by atoms with van der Waals surface area (Å²) in [4.78, 5) is 23.8. The Morgan fingerprint density at radius 3 is 2.12 bits per heavy atom. The summed E-state index contributed by atoms with van der Waals surface area (Å²) in [5, 5.41) is 2.32. The summed E-state index contributed by atoms with van der Waals surface area (Å²) in [6.07, 6.45) is -4.77. The van der Waals surface area contributed by atoms with Crippen molar-refractivity contribution in [1.82, 2.24) is 5.32 Å². The number of hydrogen-bond acceptors (Lipinski definition) is 8. The Hall–Kier alpha value is -1.78. The summed E-state index contributed by atoms with van der Waals surface area (Å²) in [5.41, 5.74) is -12.6. The molecule has 6 atom stereocenters. The Morgan fingerprint density at radius 1 is 1.09 bits per heavy atom. The fourth-order valence-electron chi connectivity index (χ4n) is 4.55. The average Bonchev–Trinajstić information content (AvgIpc) is 3.22. The first kappa shape index (κ1) is 24.9. The highest BCUT2D eigenvalue weighted by Gasteiger charge is 2.64. The smallest absolute Gasteiger partial charge is 0.460 e. The molecule has 1 N–H and O–H groups in total. The molecule has 0 spiro atoms. The van der Waals surface area contributed by atoms with Gasteiger partial charge in [0.15, 0.2) is 4.58 Å². The maximum Gasteiger partial charge on any atom is 0.498 e. The van der Waals surface area contributed by atoms with Crippen LogP contribution in [-0.4, -0.2) is 62.7 Å². The highest BCUT2D eigenvalue weighted by atomic mass is 32.3. The third-order valence-electron chi connectivity index (χ3n) is 5.94. The van der Waals surface area contributed by atoms with E-state index in [0.717, 1.165) is 6.92 Å². The predicted molar refractivity (Wildman–Crippen MR) is 90.8 cm³/mol. The largest absolute Gasteiger partial charge is 0.498 e. The number of ether oxygens (including phenoxy) is 2. The van der Waals surface area contributed by atoms with Gasteiger partial charge in [-0.05, 0) is 25.7 Å². The molecule has 3 aliphatic rings. The molecule has 17 heteroatoms. The van der Waals surface area contributed by atoms with E-state index in [2.05, 4.69) is 10.1 Å². The zero-order valence-corrected chi connectivity index (χ0v) is 17.6. The highest BCUT2D eigenvalue weighted by Crippen LogP contribution is 2.54. The number of hydrogen-bond donors (Lipinski definition) is 1. The summed E-state index contributed by atoms with van der Waals surface area (Å²) in [6.45, 7) is 0.747. The molecule has 184 valence electrons. The van der Waals surface area contributed by atoms with E-state index in [9.17, 15) is 52.8 Å². The summed E-state index contributed by atoms with van der Waals surface area (Å²) in [7, 11) is -13.7. The van der Waals surface area contributed by atoms with E-state index in [1.807, 2.05) is 0 Å². The van der Waals surface area contributed by atoms with Gasteiger partial charge in [-0.15, -0.1) is 0 Å². The van der Waals surface area contributed by atoms with Crippen LogP contribution in [0.5, 0.6) is 0 Å². The van der Waals surface area contributed by atoms with E-state index in [1.54, 1.807) is 0 Å². The van der Waals surface area contributed by atoms with Crippen LogP contribution in [0.1, 0.15) is 26.2 Å². The van der Waals surface area contributed by atoms with Gasteiger partial charge in [0.05, 0.1) is 12.0 Å². The zero-order valence-electron chi connectivity index (χ0n) is 16.0. The molecule has 2 saturated carbocycles. The first-order valence-electron chi connectivity index (χ1n) is 9.16. The molecular weight excluding hydrogens is 500 g/mol. The molecule has 0 aromatic carbocycles. The lowest BCUT2D eigenvalue weighted by atomic mass is 9.87. The third-order valence-corrected chi connectivity index (χ3v) is 10.5. The minimum absolute atomic E-state index is 0.131. The molecule has 6 unspecified atom stereocenters. The molecule has 1 saturated heterocycles. The lowest BCUT2D eigenvalue weighted by molar-refractivity contribution is -0.143. The molecule has 2 bridgehead atoms. The van der Waals surface area contributed by atoms with Gasteiger partial charge in [-0.2, -0.15) is 26.3 Å². The van der Waals surface area contributed by atoms with E-state index < -0.39 is 72.0 Å². The number of esters is 1. The summed E-state index contributed by atoms with van der Waals surface area (Å²) >= 11 is 0. The molecule has 0 aromatic heterocycles. The minimum Gasteiger partial charge on any atom is -0.460 e. The van der Waals surface area contributed by atoms with Crippen LogP contribution in [0.2, 0.25) is 0 Å². The monoisotopic (exact) mass is 517 g/mol. The van der Waals surface area contributed by atoms with Gasteiger partial charge in [-0.1, -0.05) is 0 Å². The van der Waals surface area contributed by atoms with Gasteiger partial charge in [0.2, 0.25) is 0 Å². The van der Waals surface area contributed by atoms with Gasteiger partial charge in [-0.25, -0.2) is 21.6 Å². The van der Waals surface area contributed by atoms with Crippen molar-refractivity contribution in [1.29, 1.82) is 0 Å². The number of fused-ring (bicyclic) bond motifs is 1. The maximum absolute atomic E-state index is 12.8. The Balaban J connectivity index is 1.71. The second-order valence-electron chi connectivity index (χ2n) is 7.94. The number of halogens is 6. The van der Waals surface area contributed by atoms with Gasteiger partial charge in [0, 0.05) is 12.3 Å². The van der Waals surface area contributed by atoms with Gasteiger partial charge in [0.25, 0.3) is 19.7 Å². The van der Waals surface area contributed by atoms with Crippen LogP contribution in [0.4, 0.5) is 31.1 Å². The van der Waals surface area contributed by atoms with Gasteiger partial charge < -0.3 is 14.8 Å². The van der Waals surface area contributed by atoms with E-state index in [4.69, 9.17) is 4.74 Å². The molecule has 0 radical (unpaired) electrons. The van der Waals surface area contributed by atoms with Crippen molar-refractivity contribution in [3.05, 3.63) is 0 Å². The Bertz CT molecular complexity index is 964. The Kier molecular flexibility index (Phi) is 5.93. The van der Waals surface area contributed by atoms with Crippen LogP contribution in [0, 0.1) is 17.8 Å². The lowest BCUT2D eigenvalue weighted by Gasteiger charge is -2.27. The number of alkyl carbamates (subject to hydrolysis) is 1.